The third-order valence-electron chi connectivity index (χ3n) is 3.59. The molecule has 0 radical (unpaired) electrons. The first kappa shape index (κ1) is 17.6. The first-order valence-electron chi connectivity index (χ1n) is 7.90. The van der Waals surface area contributed by atoms with Crippen LogP contribution in [0.3, 0.4) is 0 Å². The van der Waals surface area contributed by atoms with Crippen molar-refractivity contribution in [2.24, 2.45) is 0 Å². The molecule has 0 saturated carbocycles. The van der Waals surface area contributed by atoms with Crippen molar-refractivity contribution in [1.29, 1.82) is 0 Å². The zero-order valence-corrected chi connectivity index (χ0v) is 15.8. The van der Waals surface area contributed by atoms with Gasteiger partial charge in [0.05, 0.1) is 17.6 Å². The van der Waals surface area contributed by atoms with Crippen LogP contribution < -0.4 is 4.74 Å². The molecule has 0 amide bonds. The zero-order chi connectivity index (χ0) is 18.6. The van der Waals surface area contributed by atoms with Crippen LogP contribution >= 0.6 is 11.3 Å². The quantitative estimate of drug-likeness (QED) is 0.464. The third-order valence-corrected chi connectivity index (χ3v) is 5.60. The standard InChI is InChI=1S/C17H14N4O4S2/c1-23-12-6-3-2-5-11(12)16-18-14(24-20-16)9-27(22)10-15-19-17(21-25-15)13-7-4-8-26-13/h2-8H,9-10H2,1H3. The van der Waals surface area contributed by atoms with Gasteiger partial charge in [0.25, 0.3) is 0 Å². The number of hydrogen-bond donors (Lipinski definition) is 0. The Labute approximate surface area is 160 Å². The van der Waals surface area contributed by atoms with E-state index in [0.29, 0.717) is 28.9 Å². The van der Waals surface area contributed by atoms with Crippen LogP contribution in [0, 0.1) is 0 Å². The van der Waals surface area contributed by atoms with Gasteiger partial charge in [0, 0.05) is 10.8 Å². The number of thiophene rings is 1. The van der Waals surface area contributed by atoms with Crippen molar-refractivity contribution in [3.8, 4) is 27.8 Å². The lowest BCUT2D eigenvalue weighted by atomic mass is 10.2. The van der Waals surface area contributed by atoms with E-state index >= 15 is 0 Å². The molecule has 4 aromatic rings. The van der Waals surface area contributed by atoms with Crippen LogP contribution in [0.1, 0.15) is 11.8 Å². The smallest absolute Gasteiger partial charge is 0.239 e. The van der Waals surface area contributed by atoms with Gasteiger partial charge in [-0.25, -0.2) is 0 Å². The highest BCUT2D eigenvalue weighted by molar-refractivity contribution is 7.83. The molecule has 0 aliphatic carbocycles. The lowest BCUT2D eigenvalue weighted by molar-refractivity contribution is 0.386. The van der Waals surface area contributed by atoms with Gasteiger partial charge in [0.1, 0.15) is 17.3 Å². The molecule has 0 fully saturated rings. The molecule has 1 unspecified atom stereocenters. The topological polar surface area (TPSA) is 104 Å². The fourth-order valence-electron chi connectivity index (χ4n) is 2.40. The lowest BCUT2D eigenvalue weighted by Crippen LogP contribution is -2.00. The molecule has 8 nitrogen and oxygen atoms in total. The summed E-state index contributed by atoms with van der Waals surface area (Å²) in [5.41, 5.74) is 0.707. The number of methoxy groups -OCH3 is 1. The molecule has 27 heavy (non-hydrogen) atoms. The molecule has 10 heteroatoms. The molecule has 0 aliphatic heterocycles. The summed E-state index contributed by atoms with van der Waals surface area (Å²) in [6.07, 6.45) is 0. The highest BCUT2D eigenvalue weighted by Crippen LogP contribution is 2.27. The third kappa shape index (κ3) is 3.96. The van der Waals surface area contributed by atoms with Gasteiger partial charge < -0.3 is 13.8 Å². The number of ether oxygens (including phenoxy) is 1. The first-order valence-corrected chi connectivity index (χ1v) is 10.3. The van der Waals surface area contributed by atoms with Gasteiger partial charge in [-0.3, -0.25) is 4.21 Å². The van der Waals surface area contributed by atoms with Gasteiger partial charge in [-0.05, 0) is 23.6 Å². The van der Waals surface area contributed by atoms with Crippen molar-refractivity contribution < 1.29 is 18.0 Å². The van der Waals surface area contributed by atoms with Crippen molar-refractivity contribution in [2.45, 2.75) is 11.5 Å². The Morgan fingerprint density at radius 3 is 2.41 bits per heavy atom. The van der Waals surface area contributed by atoms with E-state index in [1.165, 1.54) is 11.3 Å². The van der Waals surface area contributed by atoms with Crippen molar-refractivity contribution >= 4 is 22.1 Å². The fraction of sp³-hybridized carbons (Fsp3) is 0.176. The second-order valence-electron chi connectivity index (χ2n) is 5.43. The SMILES string of the molecule is COc1ccccc1-c1noc(CS(=O)Cc2nc(-c3cccs3)no2)n1. The summed E-state index contributed by atoms with van der Waals surface area (Å²) in [5.74, 6) is 2.31. The van der Waals surface area contributed by atoms with E-state index in [2.05, 4.69) is 20.3 Å². The molecule has 1 atom stereocenters. The number of aromatic nitrogens is 4. The predicted molar refractivity (Wildman–Crippen MR) is 99.4 cm³/mol. The Kier molecular flexibility index (Phi) is 5.07. The van der Waals surface area contributed by atoms with Gasteiger partial charge in [-0.1, -0.05) is 28.5 Å². The monoisotopic (exact) mass is 402 g/mol. The highest BCUT2D eigenvalue weighted by Gasteiger charge is 2.17. The maximum atomic E-state index is 12.4. The van der Waals surface area contributed by atoms with Gasteiger partial charge >= 0.3 is 0 Å². The summed E-state index contributed by atoms with van der Waals surface area (Å²) >= 11 is 1.51. The number of hydrogen-bond acceptors (Lipinski definition) is 9. The summed E-state index contributed by atoms with van der Waals surface area (Å²) in [6.45, 7) is 0. The normalized spacial score (nSPS) is 12.2. The Morgan fingerprint density at radius 2 is 1.70 bits per heavy atom. The molecule has 0 saturated heterocycles. The molecule has 0 N–H and O–H groups in total. The maximum Gasteiger partial charge on any atom is 0.239 e. The van der Waals surface area contributed by atoms with Gasteiger partial charge in [-0.2, -0.15) is 9.97 Å². The minimum atomic E-state index is -1.33. The molecule has 138 valence electrons. The van der Waals surface area contributed by atoms with Crippen molar-refractivity contribution in [2.75, 3.05) is 7.11 Å². The Hall–Kier alpha value is -2.85. The first-order chi connectivity index (χ1) is 13.2. The predicted octanol–water partition coefficient (Wildman–Crippen LogP) is 3.31. The molecule has 3 aromatic heterocycles. The number of nitrogens with zero attached hydrogens (tertiary/aromatic N) is 4. The van der Waals surface area contributed by atoms with Gasteiger partial charge in [0.15, 0.2) is 0 Å². The molecular weight excluding hydrogens is 388 g/mol. The average molecular weight is 402 g/mol. The van der Waals surface area contributed by atoms with E-state index in [1.54, 1.807) is 7.11 Å². The van der Waals surface area contributed by atoms with Crippen LogP contribution in [0.2, 0.25) is 0 Å². The van der Waals surface area contributed by atoms with E-state index in [9.17, 15) is 4.21 Å². The average Bonchev–Trinajstić information content (AvgIpc) is 3.43. The van der Waals surface area contributed by atoms with E-state index < -0.39 is 10.8 Å². The van der Waals surface area contributed by atoms with Crippen LogP contribution in [-0.2, 0) is 22.3 Å². The van der Waals surface area contributed by atoms with Gasteiger partial charge in [0.2, 0.25) is 23.4 Å². The van der Waals surface area contributed by atoms with E-state index in [0.717, 1.165) is 4.88 Å². The maximum absolute atomic E-state index is 12.4. The minimum Gasteiger partial charge on any atom is -0.496 e. The lowest BCUT2D eigenvalue weighted by Gasteiger charge is -2.02. The Morgan fingerprint density at radius 1 is 1.00 bits per heavy atom. The number of para-hydroxylation sites is 1. The van der Waals surface area contributed by atoms with Crippen LogP contribution in [0.4, 0.5) is 0 Å². The summed E-state index contributed by atoms with van der Waals surface area (Å²) in [4.78, 5) is 9.46. The van der Waals surface area contributed by atoms with Crippen LogP contribution in [-0.4, -0.2) is 31.6 Å². The van der Waals surface area contributed by atoms with Crippen molar-refractivity contribution in [3.05, 3.63) is 53.6 Å². The van der Waals surface area contributed by atoms with Gasteiger partial charge in [-0.15, -0.1) is 11.3 Å². The molecular formula is C17H14N4O4S2. The molecule has 0 aliphatic rings. The second-order valence-corrected chi connectivity index (χ2v) is 7.83. The molecule has 0 spiro atoms. The molecule has 4 rings (SSSR count). The van der Waals surface area contributed by atoms with Crippen LogP contribution in [0.15, 0.2) is 50.8 Å². The fourth-order valence-corrected chi connectivity index (χ4v) is 3.93. The van der Waals surface area contributed by atoms with Crippen LogP contribution in [0.5, 0.6) is 5.75 Å². The van der Waals surface area contributed by atoms with Crippen LogP contribution in [0.25, 0.3) is 22.1 Å². The molecule has 0 bridgehead atoms. The molecule has 1 aromatic carbocycles. The Balaban J connectivity index is 1.43. The summed E-state index contributed by atoms with van der Waals surface area (Å²) in [7, 11) is 0.247. The van der Waals surface area contributed by atoms with Crippen molar-refractivity contribution in [1.82, 2.24) is 20.3 Å². The Bertz CT molecular complexity index is 1060. The largest absolute Gasteiger partial charge is 0.496 e. The van der Waals surface area contributed by atoms with Crippen molar-refractivity contribution in [3.63, 3.8) is 0 Å². The number of rotatable bonds is 7. The second kappa shape index (κ2) is 7.80. The minimum absolute atomic E-state index is 0.0961. The molecule has 3 heterocycles. The zero-order valence-electron chi connectivity index (χ0n) is 14.2. The van der Waals surface area contributed by atoms with E-state index in [1.807, 2.05) is 41.8 Å². The highest BCUT2D eigenvalue weighted by atomic mass is 32.2. The summed E-state index contributed by atoms with van der Waals surface area (Å²) < 4.78 is 28.1. The summed E-state index contributed by atoms with van der Waals surface area (Å²) in [5, 5.41) is 9.78. The summed E-state index contributed by atoms with van der Waals surface area (Å²) in [6, 6.07) is 11.1. The van der Waals surface area contributed by atoms with E-state index in [-0.39, 0.29) is 17.4 Å². The number of benzene rings is 1. The van der Waals surface area contributed by atoms with E-state index in [4.69, 9.17) is 13.8 Å².